The molecule has 1 aliphatic heterocycles. The standard InChI is InChI=1S/C18H21BrO2/c1-17(2,3)13-6-7-14-11(9-13)8-12-10-20-18(4,5)21-16(12)15(14)19/h6-9H,10H2,1-5H3. The van der Waals surface area contributed by atoms with Crippen molar-refractivity contribution in [3.05, 3.63) is 39.9 Å². The first-order chi connectivity index (χ1) is 9.67. The zero-order chi connectivity index (χ0) is 15.4. The van der Waals surface area contributed by atoms with Crippen LogP contribution in [0.1, 0.15) is 45.7 Å². The second-order valence-corrected chi connectivity index (χ2v) is 7.95. The normalized spacial score (nSPS) is 17.4. The number of fused-ring (bicyclic) bond motifs is 2. The molecule has 0 unspecified atom stereocenters. The molecule has 21 heavy (non-hydrogen) atoms. The average molecular weight is 349 g/mol. The van der Waals surface area contributed by atoms with Crippen molar-refractivity contribution in [2.24, 2.45) is 0 Å². The number of hydrogen-bond donors (Lipinski definition) is 0. The van der Waals surface area contributed by atoms with Gasteiger partial charge in [0.1, 0.15) is 5.75 Å². The summed E-state index contributed by atoms with van der Waals surface area (Å²) in [6.45, 7) is 11.2. The SMILES string of the molecule is CC1(C)OCc2cc3cc(C(C)(C)C)ccc3c(Br)c2O1. The van der Waals surface area contributed by atoms with E-state index in [0.717, 1.165) is 15.8 Å². The Morgan fingerprint density at radius 3 is 2.52 bits per heavy atom. The van der Waals surface area contributed by atoms with E-state index in [1.54, 1.807) is 0 Å². The van der Waals surface area contributed by atoms with Gasteiger partial charge in [0.2, 0.25) is 5.79 Å². The summed E-state index contributed by atoms with van der Waals surface area (Å²) in [5.74, 6) is 0.330. The summed E-state index contributed by atoms with van der Waals surface area (Å²) in [7, 11) is 0. The quantitative estimate of drug-likeness (QED) is 0.621. The third kappa shape index (κ3) is 2.69. The Labute approximate surface area is 134 Å². The van der Waals surface area contributed by atoms with Crippen LogP contribution in [-0.4, -0.2) is 5.79 Å². The van der Waals surface area contributed by atoms with Crippen LogP contribution in [0.4, 0.5) is 0 Å². The minimum atomic E-state index is -0.575. The molecule has 0 saturated carbocycles. The van der Waals surface area contributed by atoms with Gasteiger partial charge in [0, 0.05) is 19.4 Å². The first-order valence-electron chi connectivity index (χ1n) is 7.26. The molecule has 0 atom stereocenters. The fourth-order valence-corrected chi connectivity index (χ4v) is 3.31. The summed E-state index contributed by atoms with van der Waals surface area (Å²) in [6.07, 6.45) is 0. The minimum Gasteiger partial charge on any atom is -0.461 e. The molecule has 0 radical (unpaired) electrons. The van der Waals surface area contributed by atoms with Gasteiger partial charge < -0.3 is 9.47 Å². The highest BCUT2D eigenvalue weighted by Gasteiger charge is 2.29. The van der Waals surface area contributed by atoms with Gasteiger partial charge in [-0.15, -0.1) is 0 Å². The van der Waals surface area contributed by atoms with Crippen molar-refractivity contribution in [1.29, 1.82) is 0 Å². The van der Waals surface area contributed by atoms with E-state index in [1.807, 2.05) is 13.8 Å². The van der Waals surface area contributed by atoms with E-state index >= 15 is 0 Å². The van der Waals surface area contributed by atoms with Crippen LogP contribution < -0.4 is 4.74 Å². The van der Waals surface area contributed by atoms with Crippen molar-refractivity contribution in [3.63, 3.8) is 0 Å². The highest BCUT2D eigenvalue weighted by atomic mass is 79.9. The lowest BCUT2D eigenvalue weighted by molar-refractivity contribution is -0.180. The van der Waals surface area contributed by atoms with Gasteiger partial charge in [0.05, 0.1) is 11.1 Å². The fraction of sp³-hybridized carbons (Fsp3) is 0.444. The molecule has 2 nitrogen and oxygen atoms in total. The predicted molar refractivity (Wildman–Crippen MR) is 89.8 cm³/mol. The first-order valence-corrected chi connectivity index (χ1v) is 8.05. The summed E-state index contributed by atoms with van der Waals surface area (Å²) in [6, 6.07) is 8.82. The van der Waals surface area contributed by atoms with Crippen LogP contribution in [0.15, 0.2) is 28.7 Å². The Morgan fingerprint density at radius 2 is 1.86 bits per heavy atom. The van der Waals surface area contributed by atoms with E-state index in [1.165, 1.54) is 16.3 Å². The minimum absolute atomic E-state index is 0.144. The van der Waals surface area contributed by atoms with Gasteiger partial charge in [-0.3, -0.25) is 0 Å². The van der Waals surface area contributed by atoms with Gasteiger partial charge >= 0.3 is 0 Å². The molecule has 2 aromatic rings. The van der Waals surface area contributed by atoms with Crippen molar-refractivity contribution < 1.29 is 9.47 Å². The van der Waals surface area contributed by atoms with Crippen molar-refractivity contribution in [2.45, 2.75) is 52.4 Å². The largest absolute Gasteiger partial charge is 0.461 e. The molecule has 0 bridgehead atoms. The fourth-order valence-electron chi connectivity index (χ4n) is 2.61. The number of hydrogen-bond acceptors (Lipinski definition) is 2. The lowest BCUT2D eigenvalue weighted by Gasteiger charge is -2.33. The van der Waals surface area contributed by atoms with Crippen molar-refractivity contribution in [1.82, 2.24) is 0 Å². The lowest BCUT2D eigenvalue weighted by atomic mass is 9.85. The molecule has 0 fully saturated rings. The van der Waals surface area contributed by atoms with Crippen molar-refractivity contribution in [2.75, 3.05) is 0 Å². The smallest absolute Gasteiger partial charge is 0.205 e. The molecule has 0 aromatic heterocycles. The average Bonchev–Trinajstić information content (AvgIpc) is 2.38. The third-order valence-corrected chi connectivity index (χ3v) is 4.69. The molecule has 0 aliphatic carbocycles. The van der Waals surface area contributed by atoms with E-state index in [0.29, 0.717) is 6.61 Å². The Balaban J connectivity index is 2.20. The predicted octanol–water partition coefficient (Wildman–Crippen LogP) is 5.54. The maximum Gasteiger partial charge on any atom is 0.205 e. The Kier molecular flexibility index (Phi) is 3.34. The molecule has 2 aromatic carbocycles. The van der Waals surface area contributed by atoms with Crippen LogP contribution in [0.3, 0.4) is 0 Å². The zero-order valence-electron chi connectivity index (χ0n) is 13.2. The molecule has 3 heteroatoms. The monoisotopic (exact) mass is 348 g/mol. The van der Waals surface area contributed by atoms with Gasteiger partial charge in [-0.2, -0.15) is 0 Å². The maximum absolute atomic E-state index is 5.99. The Hall–Kier alpha value is -1.06. The van der Waals surface area contributed by atoms with E-state index in [2.05, 4.69) is 61.0 Å². The molecule has 0 spiro atoms. The van der Waals surface area contributed by atoms with Crippen molar-refractivity contribution >= 4 is 26.7 Å². The lowest BCUT2D eigenvalue weighted by Crippen LogP contribution is -2.35. The Bertz CT molecular complexity index is 711. The van der Waals surface area contributed by atoms with Gasteiger partial charge in [0.25, 0.3) is 0 Å². The van der Waals surface area contributed by atoms with Gasteiger partial charge in [-0.1, -0.05) is 39.0 Å². The van der Waals surface area contributed by atoms with Gasteiger partial charge in [-0.05, 0) is 43.7 Å². The highest BCUT2D eigenvalue weighted by molar-refractivity contribution is 9.10. The van der Waals surface area contributed by atoms with E-state index in [-0.39, 0.29) is 5.41 Å². The zero-order valence-corrected chi connectivity index (χ0v) is 14.8. The van der Waals surface area contributed by atoms with Crippen LogP contribution in [0.5, 0.6) is 5.75 Å². The summed E-state index contributed by atoms with van der Waals surface area (Å²) in [5, 5.41) is 2.40. The van der Waals surface area contributed by atoms with Crippen LogP contribution >= 0.6 is 15.9 Å². The highest BCUT2D eigenvalue weighted by Crippen LogP contribution is 2.42. The van der Waals surface area contributed by atoms with Crippen molar-refractivity contribution in [3.8, 4) is 5.75 Å². The van der Waals surface area contributed by atoms with Crippen LogP contribution in [0, 0.1) is 0 Å². The second kappa shape index (κ2) is 4.72. The second-order valence-electron chi connectivity index (χ2n) is 7.16. The number of ether oxygens (including phenoxy) is 2. The van der Waals surface area contributed by atoms with Gasteiger partial charge in [-0.25, -0.2) is 0 Å². The number of rotatable bonds is 0. The maximum atomic E-state index is 5.99. The topological polar surface area (TPSA) is 18.5 Å². The van der Waals surface area contributed by atoms with Crippen LogP contribution in [-0.2, 0) is 16.8 Å². The summed E-state index contributed by atoms with van der Waals surface area (Å²) >= 11 is 3.71. The summed E-state index contributed by atoms with van der Waals surface area (Å²) in [5.41, 5.74) is 2.57. The summed E-state index contributed by atoms with van der Waals surface area (Å²) < 4.78 is 12.8. The third-order valence-electron chi connectivity index (χ3n) is 3.90. The molecule has 1 heterocycles. The van der Waals surface area contributed by atoms with E-state index in [4.69, 9.17) is 9.47 Å². The molecular formula is C18H21BrO2. The number of halogens is 1. The van der Waals surface area contributed by atoms with Crippen LogP contribution in [0.25, 0.3) is 10.8 Å². The molecule has 0 saturated heterocycles. The summed E-state index contributed by atoms with van der Waals surface area (Å²) in [4.78, 5) is 0. The van der Waals surface area contributed by atoms with Gasteiger partial charge in [0.15, 0.2) is 0 Å². The van der Waals surface area contributed by atoms with E-state index < -0.39 is 5.79 Å². The Morgan fingerprint density at radius 1 is 1.14 bits per heavy atom. The molecule has 3 rings (SSSR count). The molecule has 0 amide bonds. The molecule has 1 aliphatic rings. The molecular weight excluding hydrogens is 328 g/mol. The number of benzene rings is 2. The molecule has 112 valence electrons. The molecule has 0 N–H and O–H groups in total. The van der Waals surface area contributed by atoms with E-state index in [9.17, 15) is 0 Å². The first kappa shape index (κ1) is 14.9. The van der Waals surface area contributed by atoms with Crippen LogP contribution in [0.2, 0.25) is 0 Å².